The van der Waals surface area contributed by atoms with Gasteiger partial charge in [0, 0.05) is 5.56 Å². The number of nitrogens with zero attached hydrogens (tertiary/aromatic N) is 1. The molecule has 92 valence electrons. The van der Waals surface area contributed by atoms with Crippen molar-refractivity contribution in [3.05, 3.63) is 47.5 Å². The van der Waals surface area contributed by atoms with Gasteiger partial charge in [-0.2, -0.15) is 5.26 Å². The van der Waals surface area contributed by atoms with Crippen molar-refractivity contribution in [1.29, 1.82) is 5.26 Å². The third-order valence-corrected chi connectivity index (χ3v) is 3.94. The van der Waals surface area contributed by atoms with Crippen LogP contribution >= 0.6 is 11.8 Å². The summed E-state index contributed by atoms with van der Waals surface area (Å²) in [5.41, 5.74) is 1.26. The van der Waals surface area contributed by atoms with Crippen molar-refractivity contribution in [3.63, 3.8) is 0 Å². The van der Waals surface area contributed by atoms with Crippen molar-refractivity contribution in [3.8, 4) is 17.6 Å². The molecule has 1 aliphatic rings. The number of nitriles is 1. The van der Waals surface area contributed by atoms with Crippen LogP contribution < -0.4 is 4.74 Å². The molecule has 0 bridgehead atoms. The maximum absolute atomic E-state index is 11.4. The fraction of sp³-hybridized carbons (Fsp3) is 0.0667. The highest BCUT2D eigenvalue weighted by Gasteiger charge is 2.19. The highest BCUT2D eigenvalue weighted by molar-refractivity contribution is 7.99. The molecule has 4 heteroatoms. The third-order valence-electron chi connectivity index (χ3n) is 2.86. The van der Waals surface area contributed by atoms with Gasteiger partial charge >= 0.3 is 0 Å². The maximum Gasteiger partial charge on any atom is 0.159 e. The summed E-state index contributed by atoms with van der Waals surface area (Å²) in [6.07, 6.45) is 0. The van der Waals surface area contributed by atoms with Crippen LogP contribution in [-0.4, -0.2) is 5.78 Å². The van der Waals surface area contributed by atoms with Crippen molar-refractivity contribution in [1.82, 2.24) is 0 Å². The van der Waals surface area contributed by atoms with E-state index >= 15 is 0 Å². The molecule has 2 aromatic rings. The molecule has 0 N–H and O–H groups in total. The zero-order chi connectivity index (χ0) is 13.4. The number of hydrogen-bond acceptors (Lipinski definition) is 4. The van der Waals surface area contributed by atoms with Gasteiger partial charge in [-0.15, -0.1) is 0 Å². The van der Waals surface area contributed by atoms with Gasteiger partial charge in [0.2, 0.25) is 0 Å². The smallest absolute Gasteiger partial charge is 0.159 e. The summed E-state index contributed by atoms with van der Waals surface area (Å²) in [7, 11) is 0. The van der Waals surface area contributed by atoms with Crippen LogP contribution in [0.3, 0.4) is 0 Å². The van der Waals surface area contributed by atoms with Crippen LogP contribution in [0.1, 0.15) is 22.8 Å². The number of ether oxygens (including phenoxy) is 1. The Morgan fingerprint density at radius 1 is 1.16 bits per heavy atom. The minimum Gasteiger partial charge on any atom is -0.455 e. The topological polar surface area (TPSA) is 50.1 Å². The number of Topliss-reactive ketones (excluding diaryl/α,β-unsaturated/α-hetero) is 1. The van der Waals surface area contributed by atoms with Crippen LogP contribution in [0.2, 0.25) is 0 Å². The van der Waals surface area contributed by atoms with Crippen molar-refractivity contribution in [2.24, 2.45) is 0 Å². The first-order valence-electron chi connectivity index (χ1n) is 5.72. The number of benzene rings is 2. The summed E-state index contributed by atoms with van der Waals surface area (Å²) in [5.74, 6) is 1.51. The summed E-state index contributed by atoms with van der Waals surface area (Å²) in [6.45, 7) is 1.54. The van der Waals surface area contributed by atoms with E-state index in [0.29, 0.717) is 11.1 Å². The Morgan fingerprint density at radius 2 is 1.84 bits per heavy atom. The first-order valence-corrected chi connectivity index (χ1v) is 6.54. The van der Waals surface area contributed by atoms with Crippen molar-refractivity contribution >= 4 is 17.5 Å². The minimum absolute atomic E-state index is 0.0278. The molecule has 0 aromatic heterocycles. The highest BCUT2D eigenvalue weighted by Crippen LogP contribution is 2.47. The van der Waals surface area contributed by atoms with E-state index in [1.807, 2.05) is 6.07 Å². The lowest BCUT2D eigenvalue weighted by atomic mass is 10.1. The Bertz CT molecular complexity index is 731. The number of ketones is 1. The quantitative estimate of drug-likeness (QED) is 0.625. The lowest BCUT2D eigenvalue weighted by molar-refractivity contribution is 0.101. The predicted octanol–water partition coefficient (Wildman–Crippen LogP) is 4.02. The molecule has 2 aromatic carbocycles. The predicted molar refractivity (Wildman–Crippen MR) is 71.8 cm³/mol. The van der Waals surface area contributed by atoms with Gasteiger partial charge in [-0.05, 0) is 43.3 Å². The number of carbonyl (C=O) groups excluding carboxylic acids is 1. The Balaban J connectivity index is 2.05. The van der Waals surface area contributed by atoms with E-state index in [1.165, 1.54) is 18.7 Å². The Kier molecular flexibility index (Phi) is 2.77. The van der Waals surface area contributed by atoms with E-state index in [1.54, 1.807) is 30.3 Å². The van der Waals surface area contributed by atoms with E-state index in [4.69, 9.17) is 10.00 Å². The summed E-state index contributed by atoms with van der Waals surface area (Å²) in [6, 6.07) is 12.8. The first-order chi connectivity index (χ1) is 9.17. The fourth-order valence-electron chi connectivity index (χ4n) is 1.87. The molecule has 0 spiro atoms. The molecule has 0 unspecified atom stereocenters. The van der Waals surface area contributed by atoms with Crippen molar-refractivity contribution in [2.75, 3.05) is 0 Å². The number of carbonyl (C=O) groups is 1. The molecule has 19 heavy (non-hydrogen) atoms. The third kappa shape index (κ3) is 2.09. The highest BCUT2D eigenvalue weighted by atomic mass is 32.2. The zero-order valence-electron chi connectivity index (χ0n) is 10.1. The monoisotopic (exact) mass is 267 g/mol. The average Bonchev–Trinajstić information content (AvgIpc) is 2.43. The Labute approximate surface area is 114 Å². The van der Waals surface area contributed by atoms with Crippen LogP contribution in [0.5, 0.6) is 11.5 Å². The zero-order valence-corrected chi connectivity index (χ0v) is 11.0. The molecular weight excluding hydrogens is 258 g/mol. The van der Waals surface area contributed by atoms with Crippen LogP contribution in [0.4, 0.5) is 0 Å². The molecule has 3 nitrogen and oxygen atoms in total. The molecule has 0 aliphatic carbocycles. The van der Waals surface area contributed by atoms with Crippen LogP contribution in [0.25, 0.3) is 0 Å². The largest absolute Gasteiger partial charge is 0.455 e. The molecule has 0 radical (unpaired) electrons. The summed E-state index contributed by atoms with van der Waals surface area (Å²) in [5, 5.41) is 8.91. The van der Waals surface area contributed by atoms with Gasteiger partial charge in [-0.3, -0.25) is 4.79 Å². The maximum atomic E-state index is 11.4. The second-order valence-electron chi connectivity index (χ2n) is 4.20. The van der Waals surface area contributed by atoms with Gasteiger partial charge < -0.3 is 4.74 Å². The van der Waals surface area contributed by atoms with Gasteiger partial charge in [-0.1, -0.05) is 11.8 Å². The second-order valence-corrected chi connectivity index (χ2v) is 5.28. The van der Waals surface area contributed by atoms with Gasteiger partial charge in [0.15, 0.2) is 5.78 Å². The van der Waals surface area contributed by atoms with E-state index in [9.17, 15) is 4.79 Å². The van der Waals surface area contributed by atoms with E-state index in [0.717, 1.165) is 21.3 Å². The lowest BCUT2D eigenvalue weighted by Crippen LogP contribution is -1.98. The van der Waals surface area contributed by atoms with Gasteiger partial charge in [-0.25, -0.2) is 0 Å². The second kappa shape index (κ2) is 4.45. The first kappa shape index (κ1) is 11.8. The van der Waals surface area contributed by atoms with E-state index in [-0.39, 0.29) is 5.78 Å². The molecule has 0 saturated heterocycles. The van der Waals surface area contributed by atoms with Crippen molar-refractivity contribution < 1.29 is 9.53 Å². The van der Waals surface area contributed by atoms with Crippen molar-refractivity contribution in [2.45, 2.75) is 16.7 Å². The normalized spacial score (nSPS) is 11.8. The van der Waals surface area contributed by atoms with Crippen LogP contribution in [0.15, 0.2) is 46.2 Å². The summed E-state index contributed by atoms with van der Waals surface area (Å²) < 4.78 is 5.77. The molecule has 1 heterocycles. The standard InChI is InChI=1S/C15H9NO2S/c1-9(17)11-3-5-13-15(7-11)19-14-6-10(8-16)2-4-12(14)18-13/h2-7H,1H3. The molecule has 0 atom stereocenters. The number of fused-ring (bicyclic) bond motifs is 2. The van der Waals surface area contributed by atoms with Crippen LogP contribution in [-0.2, 0) is 0 Å². The van der Waals surface area contributed by atoms with E-state index < -0.39 is 0 Å². The Morgan fingerprint density at radius 3 is 2.53 bits per heavy atom. The molecule has 3 rings (SSSR count). The minimum atomic E-state index is 0.0278. The number of hydrogen-bond donors (Lipinski definition) is 0. The fourth-order valence-corrected chi connectivity index (χ4v) is 2.90. The number of rotatable bonds is 1. The molecule has 0 amide bonds. The van der Waals surface area contributed by atoms with E-state index in [2.05, 4.69) is 6.07 Å². The Hall–Kier alpha value is -2.25. The van der Waals surface area contributed by atoms with Gasteiger partial charge in [0.1, 0.15) is 11.5 Å². The van der Waals surface area contributed by atoms with Crippen LogP contribution in [0, 0.1) is 11.3 Å². The molecule has 0 fully saturated rings. The molecule has 1 aliphatic heterocycles. The van der Waals surface area contributed by atoms with Gasteiger partial charge in [0.05, 0.1) is 21.4 Å². The molecule has 0 saturated carbocycles. The summed E-state index contributed by atoms with van der Waals surface area (Å²) in [4.78, 5) is 13.2. The average molecular weight is 267 g/mol. The van der Waals surface area contributed by atoms with Gasteiger partial charge in [0.25, 0.3) is 0 Å². The summed E-state index contributed by atoms with van der Waals surface area (Å²) >= 11 is 1.52. The SMILES string of the molecule is CC(=O)c1ccc2c(c1)Sc1cc(C#N)ccc1O2. The lowest BCUT2D eigenvalue weighted by Gasteiger charge is -2.19. The molecular formula is C15H9NO2S.